The van der Waals surface area contributed by atoms with Gasteiger partial charge in [-0.1, -0.05) is 6.92 Å². The van der Waals surface area contributed by atoms with Crippen LogP contribution in [-0.4, -0.2) is 18.5 Å². The fourth-order valence-electron chi connectivity index (χ4n) is 0.578. The number of carbonyl (C=O) groups is 1. The third kappa shape index (κ3) is 5.66. The first-order valence-corrected chi connectivity index (χ1v) is 3.52. The van der Waals surface area contributed by atoms with Gasteiger partial charge in [0.15, 0.2) is 0 Å². The van der Waals surface area contributed by atoms with E-state index in [1.165, 1.54) is 13.8 Å². The van der Waals surface area contributed by atoms with Gasteiger partial charge >= 0.3 is 6.16 Å². The smallest absolute Gasteiger partial charge is 0.400 e. The molecule has 0 spiro atoms. The van der Waals surface area contributed by atoms with E-state index in [1.807, 2.05) is 6.92 Å². The van der Waals surface area contributed by atoms with Gasteiger partial charge in [0.05, 0.1) is 6.61 Å². The van der Waals surface area contributed by atoms with Gasteiger partial charge in [0.1, 0.15) is 0 Å². The topological polar surface area (TPSA) is 55.4 Å². The number of rotatable bonds is 4. The summed E-state index contributed by atoms with van der Waals surface area (Å²) in [5.41, 5.74) is 0. The standard InChI is InChI=1S/C7H13O4/c1-4-5-10-7(2,3)11-6(8)9/h4-5H2,1-3H3. The highest BCUT2D eigenvalue weighted by atomic mass is 16.8. The van der Waals surface area contributed by atoms with Gasteiger partial charge in [0.25, 0.3) is 0 Å². The Morgan fingerprint density at radius 2 is 2.00 bits per heavy atom. The van der Waals surface area contributed by atoms with Crippen molar-refractivity contribution in [3.05, 3.63) is 0 Å². The van der Waals surface area contributed by atoms with Crippen molar-refractivity contribution in [3.63, 3.8) is 0 Å². The molecule has 0 heterocycles. The molecule has 65 valence electrons. The molecule has 0 aliphatic carbocycles. The van der Waals surface area contributed by atoms with E-state index in [0.29, 0.717) is 6.61 Å². The molecule has 0 aromatic rings. The second-order valence-electron chi connectivity index (χ2n) is 2.60. The Morgan fingerprint density at radius 3 is 2.36 bits per heavy atom. The molecule has 0 aliphatic rings. The molecular weight excluding hydrogens is 148 g/mol. The van der Waals surface area contributed by atoms with Crippen molar-refractivity contribution in [2.45, 2.75) is 33.0 Å². The maximum atomic E-state index is 9.96. The molecule has 0 aliphatic heterocycles. The van der Waals surface area contributed by atoms with Gasteiger partial charge in [-0.3, -0.25) is 0 Å². The van der Waals surface area contributed by atoms with Crippen LogP contribution < -0.4 is 0 Å². The summed E-state index contributed by atoms with van der Waals surface area (Å²) in [7, 11) is 0. The zero-order valence-electron chi connectivity index (χ0n) is 7.05. The lowest BCUT2D eigenvalue weighted by molar-refractivity contribution is -0.189. The number of hydrogen-bond donors (Lipinski definition) is 0. The predicted octanol–water partition coefficient (Wildman–Crippen LogP) is 1.72. The van der Waals surface area contributed by atoms with Crippen LogP contribution >= 0.6 is 0 Å². The van der Waals surface area contributed by atoms with E-state index in [-0.39, 0.29) is 0 Å². The van der Waals surface area contributed by atoms with Crippen molar-refractivity contribution in [2.24, 2.45) is 0 Å². The molecule has 0 bridgehead atoms. The Hall–Kier alpha value is -0.770. The molecule has 0 unspecified atom stereocenters. The van der Waals surface area contributed by atoms with E-state index < -0.39 is 11.9 Å². The Bertz CT molecular complexity index is 130. The van der Waals surface area contributed by atoms with E-state index in [4.69, 9.17) is 4.74 Å². The normalized spacial score (nSPS) is 11.2. The third-order valence-corrected chi connectivity index (χ3v) is 0.983. The summed E-state index contributed by atoms with van der Waals surface area (Å²) >= 11 is 0. The minimum absolute atomic E-state index is 0.472. The Labute approximate surface area is 66.1 Å². The van der Waals surface area contributed by atoms with Crippen LogP contribution in [0.2, 0.25) is 0 Å². The van der Waals surface area contributed by atoms with Crippen LogP contribution in [0, 0.1) is 0 Å². The molecule has 4 nitrogen and oxygen atoms in total. The lowest BCUT2D eigenvalue weighted by Gasteiger charge is -2.22. The highest BCUT2D eigenvalue weighted by Gasteiger charge is 2.23. The quantitative estimate of drug-likeness (QED) is 0.466. The SMILES string of the molecule is CCCOC(C)(C)OC([O])=O. The summed E-state index contributed by atoms with van der Waals surface area (Å²) in [6.45, 7) is 5.45. The third-order valence-electron chi connectivity index (χ3n) is 0.983. The molecule has 0 saturated heterocycles. The highest BCUT2D eigenvalue weighted by molar-refractivity contribution is 5.56. The molecule has 0 saturated carbocycles. The van der Waals surface area contributed by atoms with E-state index in [0.717, 1.165) is 6.42 Å². The second kappa shape index (κ2) is 4.18. The minimum Gasteiger partial charge on any atom is -0.400 e. The summed E-state index contributed by atoms with van der Waals surface area (Å²) in [6, 6.07) is 0. The summed E-state index contributed by atoms with van der Waals surface area (Å²) in [4.78, 5) is 9.96. The van der Waals surface area contributed by atoms with Gasteiger partial charge in [-0.25, -0.2) is 0 Å². The van der Waals surface area contributed by atoms with E-state index in [1.54, 1.807) is 0 Å². The van der Waals surface area contributed by atoms with Gasteiger partial charge < -0.3 is 9.47 Å². The first-order chi connectivity index (χ1) is 4.98. The van der Waals surface area contributed by atoms with Crippen molar-refractivity contribution in [1.82, 2.24) is 0 Å². The molecular formula is C7H13O4. The van der Waals surface area contributed by atoms with E-state index >= 15 is 0 Å². The zero-order valence-corrected chi connectivity index (χ0v) is 7.05. The Kier molecular flexibility index (Phi) is 3.89. The summed E-state index contributed by atoms with van der Waals surface area (Å²) in [6.07, 6.45) is -0.745. The van der Waals surface area contributed by atoms with Crippen molar-refractivity contribution in [1.29, 1.82) is 0 Å². The molecule has 0 atom stereocenters. The van der Waals surface area contributed by atoms with E-state index in [9.17, 15) is 9.90 Å². The van der Waals surface area contributed by atoms with Crippen molar-refractivity contribution in [3.8, 4) is 0 Å². The predicted molar refractivity (Wildman–Crippen MR) is 37.5 cm³/mol. The average molecular weight is 161 g/mol. The van der Waals surface area contributed by atoms with Crippen LogP contribution in [0.4, 0.5) is 4.79 Å². The first kappa shape index (κ1) is 10.2. The van der Waals surface area contributed by atoms with Crippen molar-refractivity contribution in [2.75, 3.05) is 6.61 Å². The number of hydrogen-bond acceptors (Lipinski definition) is 3. The van der Waals surface area contributed by atoms with Crippen LogP contribution in [0.25, 0.3) is 0 Å². The Balaban J connectivity index is 3.70. The highest BCUT2D eigenvalue weighted by Crippen LogP contribution is 2.11. The molecule has 4 heteroatoms. The fourth-order valence-corrected chi connectivity index (χ4v) is 0.578. The lowest BCUT2D eigenvalue weighted by Crippen LogP contribution is -2.30. The van der Waals surface area contributed by atoms with Crippen LogP contribution in [-0.2, 0) is 14.6 Å². The van der Waals surface area contributed by atoms with Gasteiger partial charge in [-0.2, -0.15) is 9.90 Å². The van der Waals surface area contributed by atoms with Crippen LogP contribution in [0.3, 0.4) is 0 Å². The van der Waals surface area contributed by atoms with Gasteiger partial charge in [-0.05, 0) is 6.42 Å². The molecule has 0 fully saturated rings. The molecule has 0 aromatic heterocycles. The monoisotopic (exact) mass is 161 g/mol. The van der Waals surface area contributed by atoms with Crippen molar-refractivity contribution >= 4 is 6.16 Å². The minimum atomic E-state index is -1.56. The molecule has 1 radical (unpaired) electrons. The second-order valence-corrected chi connectivity index (χ2v) is 2.60. The summed E-state index contributed by atoms with van der Waals surface area (Å²) < 4.78 is 9.37. The maximum absolute atomic E-state index is 9.96. The first-order valence-electron chi connectivity index (χ1n) is 3.52. The maximum Gasteiger partial charge on any atom is 0.552 e. The number of ether oxygens (including phenoxy) is 2. The van der Waals surface area contributed by atoms with E-state index in [2.05, 4.69) is 4.74 Å². The summed E-state index contributed by atoms with van der Waals surface area (Å²) in [5.74, 6) is -1.09. The number of carbonyl (C=O) groups excluding carboxylic acids is 1. The van der Waals surface area contributed by atoms with Crippen LogP contribution in [0.5, 0.6) is 0 Å². The van der Waals surface area contributed by atoms with Gasteiger partial charge in [0, 0.05) is 13.8 Å². The summed E-state index contributed by atoms with van der Waals surface area (Å²) in [5, 5.41) is 9.96. The molecule has 0 aromatic carbocycles. The molecule has 11 heavy (non-hydrogen) atoms. The van der Waals surface area contributed by atoms with Gasteiger partial charge in [-0.15, -0.1) is 0 Å². The molecule has 0 N–H and O–H groups in total. The molecule has 0 amide bonds. The average Bonchev–Trinajstić information content (AvgIpc) is 1.81. The van der Waals surface area contributed by atoms with Crippen molar-refractivity contribution < 1.29 is 19.4 Å². The largest absolute Gasteiger partial charge is 0.552 e. The lowest BCUT2D eigenvalue weighted by atomic mass is 10.4. The van der Waals surface area contributed by atoms with Crippen LogP contribution in [0.1, 0.15) is 27.2 Å². The fraction of sp³-hybridized carbons (Fsp3) is 0.857. The Morgan fingerprint density at radius 1 is 1.45 bits per heavy atom. The molecule has 0 rings (SSSR count). The van der Waals surface area contributed by atoms with Gasteiger partial charge in [0.2, 0.25) is 5.79 Å². The zero-order chi connectivity index (χ0) is 8.91. The van der Waals surface area contributed by atoms with Crippen LogP contribution in [0.15, 0.2) is 0 Å².